The third-order valence-corrected chi connectivity index (χ3v) is 2.52. The Bertz CT molecular complexity index is 446. The normalized spacial score (nSPS) is 9.18. The molecule has 0 saturated carbocycles. The van der Waals surface area contributed by atoms with E-state index in [1.165, 1.54) is 11.1 Å². The van der Waals surface area contributed by atoms with E-state index in [-0.39, 0.29) is 0 Å². The lowest BCUT2D eigenvalue weighted by Gasteiger charge is -1.99. The van der Waals surface area contributed by atoms with Gasteiger partial charge in [-0.05, 0) is 44.0 Å². The number of hydrogen-bond donors (Lipinski definition) is 1. The minimum absolute atomic E-state index is 0.956. The smallest absolute Gasteiger partial charge is 0.128 e. The van der Waals surface area contributed by atoms with Gasteiger partial charge in [0.2, 0.25) is 0 Å². The number of nitrogens with one attached hydrogen (secondary N) is 1. The van der Waals surface area contributed by atoms with Crippen LogP contribution in [0.4, 0.5) is 5.82 Å². The summed E-state index contributed by atoms with van der Waals surface area (Å²) in [6.45, 7) is 6.09. The maximum Gasteiger partial charge on any atom is 0.128 e. The molecular weight excluding hydrogens is 210 g/mol. The Balaban J connectivity index is 0.000000171. The molecule has 90 valence electrons. The average molecular weight is 229 g/mol. The second-order valence-corrected chi connectivity index (χ2v) is 3.82. The largest absolute Gasteiger partial charge is 0.373 e. The van der Waals surface area contributed by atoms with Gasteiger partial charge in [0, 0.05) is 25.1 Å². The molecule has 0 amide bonds. The van der Waals surface area contributed by atoms with E-state index in [1.54, 1.807) is 6.20 Å². The monoisotopic (exact) mass is 229 g/mol. The first kappa shape index (κ1) is 13.2. The van der Waals surface area contributed by atoms with Crippen molar-refractivity contribution in [1.82, 2.24) is 9.97 Å². The molecule has 2 aromatic rings. The molecule has 3 heteroatoms. The maximum absolute atomic E-state index is 4.09. The molecule has 0 bridgehead atoms. The van der Waals surface area contributed by atoms with Crippen LogP contribution in [0.3, 0.4) is 0 Å². The van der Waals surface area contributed by atoms with E-state index in [9.17, 15) is 0 Å². The van der Waals surface area contributed by atoms with E-state index in [4.69, 9.17) is 0 Å². The first-order valence-electron chi connectivity index (χ1n) is 5.62. The summed E-state index contributed by atoms with van der Waals surface area (Å²) in [6, 6.07) is 7.96. The molecule has 0 saturated heterocycles. The topological polar surface area (TPSA) is 37.8 Å². The molecule has 0 aliphatic carbocycles. The van der Waals surface area contributed by atoms with Crippen LogP contribution in [-0.2, 0) is 0 Å². The Labute approximate surface area is 103 Å². The first-order valence-corrected chi connectivity index (χ1v) is 5.62. The Hall–Kier alpha value is -1.90. The molecule has 0 aliphatic rings. The molecular formula is C14H19N3. The van der Waals surface area contributed by atoms with Gasteiger partial charge in [0.1, 0.15) is 5.82 Å². The van der Waals surface area contributed by atoms with Gasteiger partial charge in [-0.3, -0.25) is 4.98 Å². The number of nitrogens with zero attached hydrogens (tertiary/aromatic N) is 2. The Morgan fingerprint density at radius 3 is 1.82 bits per heavy atom. The SMILES string of the molecule is CNc1ncccc1C.Cc1cccnc1C. The Morgan fingerprint density at radius 2 is 1.47 bits per heavy atom. The Kier molecular flexibility index (Phi) is 5.14. The van der Waals surface area contributed by atoms with Crippen molar-refractivity contribution in [1.29, 1.82) is 0 Å². The van der Waals surface area contributed by atoms with Crippen LogP contribution in [0.15, 0.2) is 36.7 Å². The highest BCUT2D eigenvalue weighted by molar-refractivity contribution is 5.41. The van der Waals surface area contributed by atoms with Gasteiger partial charge in [-0.15, -0.1) is 0 Å². The highest BCUT2D eigenvalue weighted by Gasteiger charge is 1.90. The molecule has 2 heterocycles. The van der Waals surface area contributed by atoms with Gasteiger partial charge >= 0.3 is 0 Å². The summed E-state index contributed by atoms with van der Waals surface area (Å²) in [7, 11) is 1.87. The quantitative estimate of drug-likeness (QED) is 0.816. The summed E-state index contributed by atoms with van der Waals surface area (Å²) >= 11 is 0. The van der Waals surface area contributed by atoms with E-state index < -0.39 is 0 Å². The molecule has 0 spiro atoms. The molecule has 0 fully saturated rings. The Morgan fingerprint density at radius 1 is 0.882 bits per heavy atom. The predicted molar refractivity (Wildman–Crippen MR) is 72.2 cm³/mol. The molecule has 0 radical (unpaired) electrons. The lowest BCUT2D eigenvalue weighted by Crippen LogP contribution is -1.93. The highest BCUT2D eigenvalue weighted by Crippen LogP contribution is 2.06. The van der Waals surface area contributed by atoms with Gasteiger partial charge in [0.15, 0.2) is 0 Å². The second kappa shape index (κ2) is 6.63. The summed E-state index contributed by atoms with van der Waals surface area (Å²) in [6.07, 6.45) is 3.58. The van der Waals surface area contributed by atoms with Crippen LogP contribution < -0.4 is 5.32 Å². The highest BCUT2D eigenvalue weighted by atomic mass is 14.9. The van der Waals surface area contributed by atoms with E-state index in [2.05, 4.69) is 28.3 Å². The number of aryl methyl sites for hydroxylation is 3. The second-order valence-electron chi connectivity index (χ2n) is 3.82. The number of pyridine rings is 2. The number of anilines is 1. The summed E-state index contributed by atoms with van der Waals surface area (Å²) in [5.74, 6) is 0.956. The molecule has 1 N–H and O–H groups in total. The van der Waals surface area contributed by atoms with Gasteiger partial charge in [-0.2, -0.15) is 0 Å². The van der Waals surface area contributed by atoms with E-state index in [0.717, 1.165) is 11.5 Å². The molecule has 2 aromatic heterocycles. The fourth-order valence-corrected chi connectivity index (χ4v) is 1.31. The van der Waals surface area contributed by atoms with Crippen molar-refractivity contribution in [2.24, 2.45) is 0 Å². The van der Waals surface area contributed by atoms with Gasteiger partial charge in [0.05, 0.1) is 0 Å². The fraction of sp³-hybridized carbons (Fsp3) is 0.286. The van der Waals surface area contributed by atoms with Crippen molar-refractivity contribution in [2.45, 2.75) is 20.8 Å². The van der Waals surface area contributed by atoms with Crippen LogP contribution in [0.25, 0.3) is 0 Å². The van der Waals surface area contributed by atoms with Gasteiger partial charge in [0.25, 0.3) is 0 Å². The van der Waals surface area contributed by atoms with Gasteiger partial charge < -0.3 is 5.32 Å². The molecule has 0 unspecified atom stereocenters. The van der Waals surface area contributed by atoms with Crippen LogP contribution >= 0.6 is 0 Å². The van der Waals surface area contributed by atoms with Crippen molar-refractivity contribution in [3.8, 4) is 0 Å². The number of hydrogen-bond acceptors (Lipinski definition) is 3. The van der Waals surface area contributed by atoms with Crippen LogP contribution in [0.5, 0.6) is 0 Å². The van der Waals surface area contributed by atoms with Crippen LogP contribution in [0.2, 0.25) is 0 Å². The van der Waals surface area contributed by atoms with Crippen molar-refractivity contribution in [2.75, 3.05) is 12.4 Å². The summed E-state index contributed by atoms with van der Waals surface area (Å²) in [4.78, 5) is 8.16. The van der Waals surface area contributed by atoms with Gasteiger partial charge in [-0.1, -0.05) is 12.1 Å². The molecule has 0 atom stereocenters. The van der Waals surface area contributed by atoms with E-state index in [0.29, 0.717) is 0 Å². The van der Waals surface area contributed by atoms with Crippen LogP contribution in [0, 0.1) is 20.8 Å². The zero-order chi connectivity index (χ0) is 12.7. The van der Waals surface area contributed by atoms with Crippen molar-refractivity contribution in [3.63, 3.8) is 0 Å². The van der Waals surface area contributed by atoms with Crippen molar-refractivity contribution < 1.29 is 0 Å². The number of rotatable bonds is 1. The molecule has 3 nitrogen and oxygen atoms in total. The molecule has 0 aromatic carbocycles. The minimum Gasteiger partial charge on any atom is -0.373 e. The summed E-state index contributed by atoms with van der Waals surface area (Å²) in [5, 5.41) is 2.98. The lowest BCUT2D eigenvalue weighted by atomic mass is 10.2. The third-order valence-electron chi connectivity index (χ3n) is 2.52. The maximum atomic E-state index is 4.09. The zero-order valence-corrected chi connectivity index (χ0v) is 10.9. The van der Waals surface area contributed by atoms with Crippen LogP contribution in [-0.4, -0.2) is 17.0 Å². The zero-order valence-electron chi connectivity index (χ0n) is 10.9. The number of aromatic nitrogens is 2. The summed E-state index contributed by atoms with van der Waals surface area (Å²) in [5.41, 5.74) is 3.56. The minimum atomic E-state index is 0.956. The molecule has 0 aliphatic heterocycles. The van der Waals surface area contributed by atoms with E-state index >= 15 is 0 Å². The van der Waals surface area contributed by atoms with Gasteiger partial charge in [-0.25, -0.2) is 4.98 Å². The van der Waals surface area contributed by atoms with Crippen molar-refractivity contribution >= 4 is 5.82 Å². The third kappa shape index (κ3) is 4.23. The molecule has 17 heavy (non-hydrogen) atoms. The van der Waals surface area contributed by atoms with Crippen LogP contribution in [0.1, 0.15) is 16.8 Å². The standard InChI is InChI=1S/C7H10N2.C7H9N/c1-6-4-3-5-9-7(6)8-2;1-6-4-3-5-8-7(6)2/h3-5H,1-2H3,(H,8,9);3-5H,1-2H3. The fourth-order valence-electron chi connectivity index (χ4n) is 1.31. The lowest BCUT2D eigenvalue weighted by molar-refractivity contribution is 1.15. The first-order chi connectivity index (χ1) is 8.15. The molecule has 2 rings (SSSR count). The van der Waals surface area contributed by atoms with E-state index in [1.807, 2.05) is 45.3 Å². The predicted octanol–water partition coefficient (Wildman–Crippen LogP) is 3.13. The average Bonchev–Trinajstić information content (AvgIpc) is 2.34. The summed E-state index contributed by atoms with van der Waals surface area (Å²) < 4.78 is 0. The van der Waals surface area contributed by atoms with Crippen molar-refractivity contribution in [3.05, 3.63) is 53.5 Å².